The molecule has 4 heteroatoms. The number of hydrogen-bond donors (Lipinski definition) is 1. The van der Waals surface area contributed by atoms with Gasteiger partial charge in [0.15, 0.2) is 0 Å². The molecule has 0 aromatic rings. The van der Waals surface area contributed by atoms with E-state index in [4.69, 9.17) is 10.5 Å². The number of nitrogens with zero attached hydrogens (tertiary/aromatic N) is 1. The molecule has 1 saturated carbocycles. The van der Waals surface area contributed by atoms with Gasteiger partial charge in [-0.05, 0) is 25.2 Å². The largest absolute Gasteiger partial charge is 0.374 e. The number of ether oxygens (including phenoxy) is 1. The first kappa shape index (κ1) is 12.8. The number of morpholine rings is 1. The number of nitrogens with two attached hydrogens (primary N) is 1. The van der Waals surface area contributed by atoms with Gasteiger partial charge in [-0.2, -0.15) is 0 Å². The average Bonchev–Trinajstić information content (AvgIpc) is 2.83. The van der Waals surface area contributed by atoms with Gasteiger partial charge >= 0.3 is 0 Å². The van der Waals surface area contributed by atoms with Gasteiger partial charge in [-0.25, -0.2) is 0 Å². The number of fused-ring (bicyclic) bond motifs is 1. The van der Waals surface area contributed by atoms with Gasteiger partial charge < -0.3 is 15.4 Å². The molecule has 2 N–H and O–H groups in total. The summed E-state index contributed by atoms with van der Waals surface area (Å²) >= 11 is 0. The van der Waals surface area contributed by atoms with Crippen LogP contribution in [0.5, 0.6) is 0 Å². The van der Waals surface area contributed by atoms with Crippen molar-refractivity contribution in [1.29, 1.82) is 0 Å². The second kappa shape index (κ2) is 5.36. The minimum Gasteiger partial charge on any atom is -0.374 e. The highest BCUT2D eigenvalue weighted by Crippen LogP contribution is 2.30. The highest BCUT2D eigenvalue weighted by atomic mass is 16.5. The molecular formula is C13H24N2O2. The van der Waals surface area contributed by atoms with Crippen LogP contribution in [-0.2, 0) is 9.53 Å². The summed E-state index contributed by atoms with van der Waals surface area (Å²) in [5.74, 6) is 0.379. The van der Waals surface area contributed by atoms with Crippen LogP contribution in [0.4, 0.5) is 0 Å². The van der Waals surface area contributed by atoms with E-state index in [0.717, 1.165) is 25.7 Å². The second-order valence-corrected chi connectivity index (χ2v) is 5.35. The summed E-state index contributed by atoms with van der Waals surface area (Å²) in [7, 11) is 0. The first-order valence-electron chi connectivity index (χ1n) is 6.82. The zero-order chi connectivity index (χ0) is 12.4. The van der Waals surface area contributed by atoms with Crippen molar-refractivity contribution in [2.45, 2.75) is 57.7 Å². The molecular weight excluding hydrogens is 216 g/mol. The molecule has 2 fully saturated rings. The normalized spacial score (nSPS) is 32.1. The van der Waals surface area contributed by atoms with Crippen molar-refractivity contribution in [2.24, 2.45) is 11.7 Å². The fourth-order valence-corrected chi connectivity index (χ4v) is 2.89. The van der Waals surface area contributed by atoms with E-state index in [1.807, 2.05) is 4.90 Å². The third-order valence-corrected chi connectivity index (χ3v) is 4.31. The molecule has 1 heterocycles. The quantitative estimate of drug-likeness (QED) is 0.805. The van der Waals surface area contributed by atoms with Crippen molar-refractivity contribution in [1.82, 2.24) is 4.90 Å². The number of hydrogen-bond acceptors (Lipinski definition) is 3. The van der Waals surface area contributed by atoms with Crippen molar-refractivity contribution >= 4 is 5.91 Å². The van der Waals surface area contributed by atoms with Gasteiger partial charge in [-0.3, -0.25) is 4.79 Å². The van der Waals surface area contributed by atoms with Gasteiger partial charge in [0.25, 0.3) is 0 Å². The molecule has 0 aromatic heterocycles. The Hall–Kier alpha value is -0.610. The molecule has 17 heavy (non-hydrogen) atoms. The molecule has 4 nitrogen and oxygen atoms in total. The SMILES string of the molecule is CCC(C)C(N)C(=O)N1CCOC2CCCC21. The predicted molar refractivity (Wildman–Crippen MR) is 66.5 cm³/mol. The highest BCUT2D eigenvalue weighted by molar-refractivity contribution is 5.82. The van der Waals surface area contributed by atoms with E-state index in [2.05, 4.69) is 13.8 Å². The van der Waals surface area contributed by atoms with Gasteiger partial charge in [0.2, 0.25) is 5.91 Å². The summed E-state index contributed by atoms with van der Waals surface area (Å²) in [6.07, 6.45) is 4.54. The number of rotatable bonds is 3. The van der Waals surface area contributed by atoms with Crippen molar-refractivity contribution in [3.05, 3.63) is 0 Å². The van der Waals surface area contributed by atoms with Crippen LogP contribution in [0.2, 0.25) is 0 Å². The van der Waals surface area contributed by atoms with Crippen molar-refractivity contribution < 1.29 is 9.53 Å². The van der Waals surface area contributed by atoms with Gasteiger partial charge in [-0.1, -0.05) is 20.3 Å². The van der Waals surface area contributed by atoms with Gasteiger partial charge in [0.05, 0.1) is 24.8 Å². The van der Waals surface area contributed by atoms with E-state index in [1.54, 1.807) is 0 Å². The smallest absolute Gasteiger partial charge is 0.240 e. The standard InChI is InChI=1S/C13H24N2O2/c1-3-9(2)12(14)13(16)15-7-8-17-11-6-4-5-10(11)15/h9-12H,3-8,14H2,1-2H3. The Morgan fingerprint density at radius 2 is 2.29 bits per heavy atom. The van der Waals surface area contributed by atoms with E-state index in [9.17, 15) is 4.79 Å². The molecule has 1 amide bonds. The van der Waals surface area contributed by atoms with Gasteiger partial charge in [0, 0.05) is 6.54 Å². The molecule has 1 aliphatic carbocycles. The Labute approximate surface area is 103 Å². The second-order valence-electron chi connectivity index (χ2n) is 5.35. The molecule has 0 radical (unpaired) electrons. The molecule has 1 aliphatic heterocycles. The maximum absolute atomic E-state index is 12.4. The minimum absolute atomic E-state index is 0.125. The zero-order valence-corrected chi connectivity index (χ0v) is 10.9. The average molecular weight is 240 g/mol. The first-order chi connectivity index (χ1) is 8.15. The Morgan fingerprint density at radius 1 is 1.53 bits per heavy atom. The predicted octanol–water partition coefficient (Wildman–Crippen LogP) is 1.14. The number of carbonyl (C=O) groups is 1. The summed E-state index contributed by atoms with van der Waals surface area (Å²) in [5.41, 5.74) is 6.05. The van der Waals surface area contributed by atoms with Crippen LogP contribution in [0.25, 0.3) is 0 Å². The van der Waals surface area contributed by atoms with Crippen molar-refractivity contribution in [2.75, 3.05) is 13.2 Å². The van der Waals surface area contributed by atoms with Crippen LogP contribution < -0.4 is 5.73 Å². The molecule has 2 aliphatic rings. The highest BCUT2D eigenvalue weighted by Gasteiger charge is 2.40. The summed E-state index contributed by atoms with van der Waals surface area (Å²) in [4.78, 5) is 14.4. The van der Waals surface area contributed by atoms with E-state index >= 15 is 0 Å². The summed E-state index contributed by atoms with van der Waals surface area (Å²) < 4.78 is 5.71. The maximum Gasteiger partial charge on any atom is 0.240 e. The van der Waals surface area contributed by atoms with E-state index < -0.39 is 0 Å². The molecule has 0 spiro atoms. The maximum atomic E-state index is 12.4. The van der Waals surface area contributed by atoms with Crippen LogP contribution in [0.15, 0.2) is 0 Å². The monoisotopic (exact) mass is 240 g/mol. The summed E-state index contributed by atoms with van der Waals surface area (Å²) in [6, 6.07) is -0.0642. The first-order valence-corrected chi connectivity index (χ1v) is 6.82. The molecule has 1 saturated heterocycles. The lowest BCUT2D eigenvalue weighted by molar-refractivity contribution is -0.146. The Bertz CT molecular complexity index is 283. The Kier molecular flexibility index (Phi) is 4.05. The topological polar surface area (TPSA) is 55.6 Å². The third-order valence-electron chi connectivity index (χ3n) is 4.31. The van der Waals surface area contributed by atoms with Crippen LogP contribution in [0, 0.1) is 5.92 Å². The molecule has 0 aromatic carbocycles. The fourth-order valence-electron chi connectivity index (χ4n) is 2.89. The fraction of sp³-hybridized carbons (Fsp3) is 0.923. The minimum atomic E-state index is -0.348. The van der Waals surface area contributed by atoms with E-state index in [1.165, 1.54) is 0 Å². The Balaban J connectivity index is 2.02. The summed E-state index contributed by atoms with van der Waals surface area (Å²) in [6.45, 7) is 5.51. The number of carbonyl (C=O) groups excluding carboxylic acids is 1. The molecule has 2 rings (SSSR count). The lowest BCUT2D eigenvalue weighted by Gasteiger charge is -2.39. The number of amides is 1. The lowest BCUT2D eigenvalue weighted by Crippen LogP contribution is -2.57. The molecule has 98 valence electrons. The van der Waals surface area contributed by atoms with E-state index in [0.29, 0.717) is 13.2 Å². The lowest BCUT2D eigenvalue weighted by atomic mass is 9.97. The van der Waals surface area contributed by atoms with Crippen LogP contribution in [0.3, 0.4) is 0 Å². The Morgan fingerprint density at radius 3 is 3.00 bits per heavy atom. The van der Waals surface area contributed by atoms with Crippen LogP contribution in [0.1, 0.15) is 39.5 Å². The van der Waals surface area contributed by atoms with Crippen LogP contribution in [-0.4, -0.2) is 42.1 Å². The van der Waals surface area contributed by atoms with Crippen molar-refractivity contribution in [3.63, 3.8) is 0 Å². The zero-order valence-electron chi connectivity index (χ0n) is 10.9. The molecule has 0 bridgehead atoms. The van der Waals surface area contributed by atoms with E-state index in [-0.39, 0.29) is 30.0 Å². The van der Waals surface area contributed by atoms with Gasteiger partial charge in [-0.15, -0.1) is 0 Å². The molecule has 4 unspecified atom stereocenters. The van der Waals surface area contributed by atoms with Crippen molar-refractivity contribution in [3.8, 4) is 0 Å². The summed E-state index contributed by atoms with van der Waals surface area (Å²) in [5, 5.41) is 0. The van der Waals surface area contributed by atoms with Crippen LogP contribution >= 0.6 is 0 Å². The third kappa shape index (κ3) is 2.47. The van der Waals surface area contributed by atoms with Gasteiger partial charge in [0.1, 0.15) is 0 Å². The molecule has 4 atom stereocenters.